The van der Waals surface area contributed by atoms with Gasteiger partial charge in [0.15, 0.2) is 0 Å². The van der Waals surface area contributed by atoms with Crippen LogP contribution in [0, 0.1) is 18.8 Å². The number of aliphatic hydroxyl groups is 1. The first kappa shape index (κ1) is 20.5. The Labute approximate surface area is 184 Å². The van der Waals surface area contributed by atoms with Crippen LogP contribution in [-0.4, -0.2) is 41.2 Å². The zero-order valence-corrected chi connectivity index (χ0v) is 18.7. The number of aryl methyl sites for hydroxylation is 1. The molecule has 2 aromatic carbocycles. The smallest absolute Gasteiger partial charge is 0.119 e. The number of nitrogens with zero attached hydrogens (tertiary/aromatic N) is 2. The number of aliphatic hydroxyl groups excluding tert-OH is 1. The van der Waals surface area contributed by atoms with Crippen molar-refractivity contribution in [3.63, 3.8) is 0 Å². The molecule has 2 bridgehead atoms. The number of fused-ring (bicyclic) bond motifs is 4. The monoisotopic (exact) mass is 416 g/mol. The third-order valence-corrected chi connectivity index (χ3v) is 7.61. The molecular formula is C27H32N2O2. The van der Waals surface area contributed by atoms with Crippen LogP contribution in [0.2, 0.25) is 0 Å². The summed E-state index contributed by atoms with van der Waals surface area (Å²) < 4.78 is 5.49. The van der Waals surface area contributed by atoms with Crippen molar-refractivity contribution in [2.45, 2.75) is 45.3 Å². The van der Waals surface area contributed by atoms with E-state index in [0.717, 1.165) is 64.8 Å². The Bertz CT molecular complexity index is 1100. The number of aromatic nitrogens is 1. The van der Waals surface area contributed by atoms with Crippen LogP contribution in [0.1, 0.15) is 43.4 Å². The lowest BCUT2D eigenvalue weighted by molar-refractivity contribution is -0.0562. The van der Waals surface area contributed by atoms with Gasteiger partial charge in [0, 0.05) is 23.5 Å². The topological polar surface area (TPSA) is 45.6 Å². The highest BCUT2D eigenvalue weighted by atomic mass is 16.5. The maximum absolute atomic E-state index is 11.7. The van der Waals surface area contributed by atoms with E-state index in [1.165, 1.54) is 18.4 Å². The van der Waals surface area contributed by atoms with Gasteiger partial charge in [0.2, 0.25) is 0 Å². The van der Waals surface area contributed by atoms with E-state index >= 15 is 0 Å². The predicted molar refractivity (Wildman–Crippen MR) is 125 cm³/mol. The van der Waals surface area contributed by atoms with Crippen LogP contribution in [0.15, 0.2) is 48.5 Å². The van der Waals surface area contributed by atoms with E-state index < -0.39 is 6.10 Å². The minimum absolute atomic E-state index is 0.170. The van der Waals surface area contributed by atoms with Crippen LogP contribution in [0.25, 0.3) is 22.2 Å². The van der Waals surface area contributed by atoms with Crippen molar-refractivity contribution in [2.24, 2.45) is 11.8 Å². The molecule has 0 spiro atoms. The molecule has 3 aliphatic heterocycles. The van der Waals surface area contributed by atoms with E-state index in [4.69, 9.17) is 9.72 Å². The van der Waals surface area contributed by atoms with Crippen LogP contribution in [0.3, 0.4) is 0 Å². The van der Waals surface area contributed by atoms with Gasteiger partial charge in [-0.1, -0.05) is 37.6 Å². The lowest BCUT2D eigenvalue weighted by Crippen LogP contribution is -2.55. The normalized spacial score (nSPS) is 26.2. The second-order valence-corrected chi connectivity index (χ2v) is 9.25. The van der Waals surface area contributed by atoms with Crippen LogP contribution in [0.4, 0.5) is 0 Å². The molecule has 4 heterocycles. The van der Waals surface area contributed by atoms with Gasteiger partial charge in [-0.25, -0.2) is 4.98 Å². The highest BCUT2D eigenvalue weighted by Crippen LogP contribution is 2.43. The molecule has 3 fully saturated rings. The summed E-state index contributed by atoms with van der Waals surface area (Å²) in [6.45, 7) is 6.62. The van der Waals surface area contributed by atoms with Gasteiger partial charge in [0.05, 0.1) is 24.4 Å². The Morgan fingerprint density at radius 1 is 1.19 bits per heavy atom. The van der Waals surface area contributed by atoms with Crippen molar-refractivity contribution in [1.82, 2.24) is 9.88 Å². The minimum Gasteiger partial charge on any atom is -0.497 e. The Morgan fingerprint density at radius 3 is 2.74 bits per heavy atom. The first-order valence-electron chi connectivity index (χ1n) is 11.6. The molecule has 4 heteroatoms. The number of pyridine rings is 1. The van der Waals surface area contributed by atoms with Crippen molar-refractivity contribution in [3.8, 4) is 17.0 Å². The Kier molecular flexibility index (Phi) is 5.45. The first-order valence-corrected chi connectivity index (χ1v) is 11.6. The van der Waals surface area contributed by atoms with Gasteiger partial charge in [-0.3, -0.25) is 4.90 Å². The minimum atomic E-state index is -0.541. The SMILES string of the molecule is CC[C@H]1CN2CC[C@@H]1C[C@H]2[C@H](O)c1cc(-c2ccccc2C)nc2ccc(OC)cc12. The summed E-state index contributed by atoms with van der Waals surface area (Å²) in [4.78, 5) is 7.49. The maximum atomic E-state index is 11.7. The fourth-order valence-electron chi connectivity index (χ4n) is 5.78. The molecule has 1 aromatic heterocycles. The number of methoxy groups -OCH3 is 1. The molecule has 3 aromatic rings. The average molecular weight is 417 g/mol. The summed E-state index contributed by atoms with van der Waals surface area (Å²) in [7, 11) is 1.68. The van der Waals surface area contributed by atoms with Crippen LogP contribution >= 0.6 is 0 Å². The first-order chi connectivity index (χ1) is 15.1. The quantitative estimate of drug-likeness (QED) is 0.607. The fraction of sp³-hybridized carbons (Fsp3) is 0.444. The van der Waals surface area contributed by atoms with Crippen molar-refractivity contribution < 1.29 is 9.84 Å². The molecule has 3 aliphatic rings. The van der Waals surface area contributed by atoms with Crippen molar-refractivity contribution in [2.75, 3.05) is 20.2 Å². The van der Waals surface area contributed by atoms with Gasteiger partial charge in [-0.15, -0.1) is 0 Å². The third kappa shape index (κ3) is 3.62. The maximum Gasteiger partial charge on any atom is 0.119 e. The van der Waals surface area contributed by atoms with Crippen LogP contribution < -0.4 is 4.74 Å². The molecular weight excluding hydrogens is 384 g/mol. The van der Waals surface area contributed by atoms with E-state index in [9.17, 15) is 5.11 Å². The molecule has 5 atom stereocenters. The molecule has 162 valence electrons. The molecule has 6 rings (SSSR count). The van der Waals surface area contributed by atoms with E-state index in [0.29, 0.717) is 0 Å². The van der Waals surface area contributed by atoms with Gasteiger partial charge in [0.1, 0.15) is 5.75 Å². The molecule has 0 radical (unpaired) electrons. The van der Waals surface area contributed by atoms with E-state index in [2.05, 4.69) is 49.1 Å². The summed E-state index contributed by atoms with van der Waals surface area (Å²) in [5.74, 6) is 2.30. The highest BCUT2D eigenvalue weighted by Gasteiger charge is 2.42. The summed E-state index contributed by atoms with van der Waals surface area (Å²) in [6.07, 6.45) is 3.03. The summed E-state index contributed by atoms with van der Waals surface area (Å²) >= 11 is 0. The van der Waals surface area contributed by atoms with Gasteiger partial charge in [-0.05, 0) is 73.5 Å². The molecule has 31 heavy (non-hydrogen) atoms. The molecule has 0 amide bonds. The largest absolute Gasteiger partial charge is 0.497 e. The van der Waals surface area contributed by atoms with Gasteiger partial charge >= 0.3 is 0 Å². The third-order valence-electron chi connectivity index (χ3n) is 7.61. The Balaban J connectivity index is 1.61. The zero-order valence-electron chi connectivity index (χ0n) is 18.7. The molecule has 1 unspecified atom stereocenters. The Morgan fingerprint density at radius 2 is 2.03 bits per heavy atom. The number of benzene rings is 2. The summed E-state index contributed by atoms with van der Waals surface area (Å²) in [5, 5.41) is 12.7. The van der Waals surface area contributed by atoms with Crippen molar-refractivity contribution in [1.29, 1.82) is 0 Å². The van der Waals surface area contributed by atoms with Gasteiger partial charge < -0.3 is 9.84 Å². The molecule has 0 saturated carbocycles. The van der Waals surface area contributed by atoms with E-state index in [-0.39, 0.29) is 6.04 Å². The summed E-state index contributed by atoms with van der Waals surface area (Å²) in [6, 6.07) is 16.6. The predicted octanol–water partition coefficient (Wildman–Crippen LogP) is 5.37. The molecule has 0 aliphatic carbocycles. The standard InChI is InChI=1S/C27H32N2O2/c1-4-18-16-29-12-11-19(18)13-26(29)27(30)23-15-25(21-8-6-5-7-17(21)2)28-24-10-9-20(31-3)14-22(23)24/h5-10,14-15,18-19,26-27,30H,4,11-13,16H2,1-3H3/t18-,19+,26-,27+/m0/s1. The number of hydrogen-bond acceptors (Lipinski definition) is 4. The fourth-order valence-corrected chi connectivity index (χ4v) is 5.78. The lowest BCUT2D eigenvalue weighted by atomic mass is 9.72. The van der Waals surface area contributed by atoms with Gasteiger partial charge in [0.25, 0.3) is 0 Å². The lowest BCUT2D eigenvalue weighted by Gasteiger charge is -2.51. The molecule has 3 saturated heterocycles. The number of piperidine rings is 3. The molecule has 1 N–H and O–H groups in total. The second kappa shape index (κ2) is 8.25. The number of ether oxygens (including phenoxy) is 1. The van der Waals surface area contributed by atoms with Crippen LogP contribution in [0.5, 0.6) is 5.75 Å². The number of rotatable bonds is 5. The second-order valence-electron chi connectivity index (χ2n) is 9.25. The van der Waals surface area contributed by atoms with Crippen LogP contribution in [-0.2, 0) is 0 Å². The highest BCUT2D eigenvalue weighted by molar-refractivity contribution is 5.87. The number of hydrogen-bond donors (Lipinski definition) is 1. The van der Waals surface area contributed by atoms with Crippen molar-refractivity contribution >= 4 is 10.9 Å². The zero-order chi connectivity index (χ0) is 21.5. The van der Waals surface area contributed by atoms with Gasteiger partial charge in [-0.2, -0.15) is 0 Å². The Hall–Kier alpha value is -2.43. The van der Waals surface area contributed by atoms with E-state index in [1.807, 2.05) is 18.2 Å². The average Bonchev–Trinajstić information content (AvgIpc) is 2.83. The summed E-state index contributed by atoms with van der Waals surface area (Å²) in [5.41, 5.74) is 5.10. The van der Waals surface area contributed by atoms with E-state index in [1.54, 1.807) is 7.11 Å². The van der Waals surface area contributed by atoms with Crippen molar-refractivity contribution in [3.05, 3.63) is 59.7 Å². The molecule has 4 nitrogen and oxygen atoms in total.